The van der Waals surface area contributed by atoms with Gasteiger partial charge < -0.3 is 14.2 Å². The lowest BCUT2D eigenvalue weighted by atomic mass is 10.1. The third-order valence-electron chi connectivity index (χ3n) is 5.32. The maximum Gasteiger partial charge on any atom is 0.291 e. The van der Waals surface area contributed by atoms with Gasteiger partial charge in [-0.15, -0.1) is 0 Å². The molecule has 0 atom stereocenters. The van der Waals surface area contributed by atoms with Crippen LogP contribution in [0.1, 0.15) is 10.6 Å². The van der Waals surface area contributed by atoms with Crippen LogP contribution in [0.4, 0.5) is 5.69 Å². The quantitative estimate of drug-likeness (QED) is 0.359. The number of carbonyl (C=O) groups is 1. The number of fused-ring (bicyclic) bond motifs is 4. The van der Waals surface area contributed by atoms with Gasteiger partial charge in [-0.2, -0.15) is 0 Å². The highest BCUT2D eigenvalue weighted by atomic mass is 16.4. The van der Waals surface area contributed by atoms with Gasteiger partial charge in [-0.05, 0) is 47.9 Å². The summed E-state index contributed by atoms with van der Waals surface area (Å²) >= 11 is 0. The first kappa shape index (κ1) is 17.5. The predicted molar refractivity (Wildman–Crippen MR) is 121 cm³/mol. The smallest absolute Gasteiger partial charge is 0.291 e. The molecule has 0 radical (unpaired) electrons. The lowest BCUT2D eigenvalue weighted by Crippen LogP contribution is -2.10. The Morgan fingerprint density at radius 2 is 1.52 bits per heavy atom. The first-order valence-electron chi connectivity index (χ1n) is 9.93. The standard InChI is InChI=1S/C26H16N2O3/c29-25(23-15-18-6-2-4-8-21(18)30-23)27-19-12-9-17(10-13-19)26-28-24-20-7-3-1-5-16(20)11-14-22(24)31-26/h1-15H,(H,27,29). The number of aromatic nitrogens is 1. The van der Waals surface area contributed by atoms with Crippen LogP contribution in [0.25, 0.3) is 44.3 Å². The van der Waals surface area contributed by atoms with Gasteiger partial charge in [0.2, 0.25) is 5.89 Å². The zero-order valence-electron chi connectivity index (χ0n) is 16.3. The van der Waals surface area contributed by atoms with Gasteiger partial charge in [0.15, 0.2) is 11.3 Å². The molecule has 31 heavy (non-hydrogen) atoms. The molecule has 6 rings (SSSR count). The summed E-state index contributed by atoms with van der Waals surface area (Å²) in [5, 5.41) is 5.94. The van der Waals surface area contributed by atoms with Crippen molar-refractivity contribution in [2.45, 2.75) is 0 Å². The van der Waals surface area contributed by atoms with E-state index in [4.69, 9.17) is 13.8 Å². The van der Waals surface area contributed by atoms with Crippen LogP contribution in [-0.4, -0.2) is 10.9 Å². The number of para-hydroxylation sites is 1. The second-order valence-corrected chi connectivity index (χ2v) is 7.33. The van der Waals surface area contributed by atoms with E-state index in [0.717, 1.165) is 32.8 Å². The average molecular weight is 404 g/mol. The number of rotatable bonds is 3. The minimum absolute atomic E-state index is 0.274. The number of oxazole rings is 1. The molecule has 5 nitrogen and oxygen atoms in total. The van der Waals surface area contributed by atoms with Crippen molar-refractivity contribution in [3.63, 3.8) is 0 Å². The molecule has 6 aromatic rings. The Bertz CT molecular complexity index is 1540. The van der Waals surface area contributed by atoms with Crippen LogP contribution >= 0.6 is 0 Å². The third-order valence-corrected chi connectivity index (χ3v) is 5.32. The topological polar surface area (TPSA) is 68.3 Å². The van der Waals surface area contributed by atoms with Crippen LogP contribution in [0.3, 0.4) is 0 Å². The molecule has 0 saturated carbocycles. The van der Waals surface area contributed by atoms with Gasteiger partial charge in [-0.1, -0.05) is 48.5 Å². The fraction of sp³-hybridized carbons (Fsp3) is 0. The lowest BCUT2D eigenvalue weighted by Gasteiger charge is -2.03. The zero-order valence-corrected chi connectivity index (χ0v) is 16.3. The Balaban J connectivity index is 1.27. The van der Waals surface area contributed by atoms with Crippen LogP contribution in [-0.2, 0) is 0 Å². The molecule has 0 aliphatic heterocycles. The highest BCUT2D eigenvalue weighted by Crippen LogP contribution is 2.30. The van der Waals surface area contributed by atoms with Gasteiger partial charge in [0.05, 0.1) is 0 Å². The number of anilines is 1. The van der Waals surface area contributed by atoms with Gasteiger partial charge in [0, 0.05) is 22.0 Å². The molecule has 0 unspecified atom stereocenters. The van der Waals surface area contributed by atoms with E-state index in [2.05, 4.69) is 11.4 Å². The number of amides is 1. The molecule has 0 saturated heterocycles. The normalized spacial score (nSPS) is 11.4. The fourth-order valence-electron chi connectivity index (χ4n) is 3.77. The molecule has 2 aromatic heterocycles. The van der Waals surface area contributed by atoms with Crippen molar-refractivity contribution in [1.82, 2.24) is 4.98 Å². The zero-order chi connectivity index (χ0) is 20.8. The number of carbonyl (C=O) groups excluding carboxylic acids is 1. The van der Waals surface area contributed by atoms with E-state index < -0.39 is 0 Å². The Kier molecular flexibility index (Phi) is 3.86. The van der Waals surface area contributed by atoms with Crippen LogP contribution in [0.2, 0.25) is 0 Å². The van der Waals surface area contributed by atoms with Crippen LogP contribution in [0, 0.1) is 0 Å². The van der Waals surface area contributed by atoms with Crippen molar-refractivity contribution in [2.24, 2.45) is 0 Å². The average Bonchev–Trinajstić information content (AvgIpc) is 3.44. The number of furan rings is 1. The summed E-state index contributed by atoms with van der Waals surface area (Å²) in [6.07, 6.45) is 0. The summed E-state index contributed by atoms with van der Waals surface area (Å²) in [4.78, 5) is 17.2. The molecule has 0 bridgehead atoms. The Morgan fingerprint density at radius 3 is 2.35 bits per heavy atom. The number of benzene rings is 4. The van der Waals surface area contributed by atoms with Crippen LogP contribution < -0.4 is 5.32 Å². The van der Waals surface area contributed by atoms with Gasteiger partial charge in [0.1, 0.15) is 11.1 Å². The SMILES string of the molecule is O=C(Nc1ccc(-c2nc3c(ccc4ccccc43)o2)cc1)c1cc2ccccc2o1. The molecule has 0 fully saturated rings. The molecular formula is C26H16N2O3. The summed E-state index contributed by atoms with van der Waals surface area (Å²) in [6, 6.07) is 28.7. The fourth-order valence-corrected chi connectivity index (χ4v) is 3.77. The summed E-state index contributed by atoms with van der Waals surface area (Å²) in [7, 11) is 0. The van der Waals surface area contributed by atoms with Crippen molar-refractivity contribution >= 4 is 44.4 Å². The van der Waals surface area contributed by atoms with Gasteiger partial charge >= 0.3 is 0 Å². The second-order valence-electron chi connectivity index (χ2n) is 7.33. The lowest BCUT2D eigenvalue weighted by molar-refractivity contribution is 0.0998. The number of hydrogen-bond acceptors (Lipinski definition) is 4. The predicted octanol–water partition coefficient (Wildman–Crippen LogP) is 6.65. The Labute approximate surface area is 176 Å². The van der Waals surface area contributed by atoms with E-state index in [1.807, 2.05) is 78.9 Å². The number of nitrogens with one attached hydrogen (secondary N) is 1. The van der Waals surface area contributed by atoms with Crippen LogP contribution in [0.15, 0.2) is 99.8 Å². The molecule has 4 aromatic carbocycles. The van der Waals surface area contributed by atoms with E-state index in [0.29, 0.717) is 17.2 Å². The molecule has 0 aliphatic carbocycles. The van der Waals surface area contributed by atoms with Crippen molar-refractivity contribution < 1.29 is 13.6 Å². The van der Waals surface area contributed by atoms with Crippen molar-refractivity contribution in [2.75, 3.05) is 5.32 Å². The monoisotopic (exact) mass is 404 g/mol. The Hall–Kier alpha value is -4.38. The Morgan fingerprint density at radius 1 is 0.742 bits per heavy atom. The van der Waals surface area contributed by atoms with E-state index >= 15 is 0 Å². The van der Waals surface area contributed by atoms with Gasteiger partial charge in [0.25, 0.3) is 5.91 Å². The van der Waals surface area contributed by atoms with E-state index in [1.165, 1.54) is 0 Å². The first-order chi connectivity index (χ1) is 15.2. The molecular weight excluding hydrogens is 388 g/mol. The minimum atomic E-state index is -0.294. The molecule has 148 valence electrons. The largest absolute Gasteiger partial charge is 0.451 e. The van der Waals surface area contributed by atoms with Gasteiger partial charge in [-0.3, -0.25) is 4.79 Å². The molecule has 1 N–H and O–H groups in total. The van der Waals surface area contributed by atoms with Crippen molar-refractivity contribution in [3.8, 4) is 11.5 Å². The highest BCUT2D eigenvalue weighted by molar-refractivity contribution is 6.05. The minimum Gasteiger partial charge on any atom is -0.451 e. The highest BCUT2D eigenvalue weighted by Gasteiger charge is 2.14. The number of nitrogens with zero attached hydrogens (tertiary/aromatic N) is 1. The summed E-state index contributed by atoms with van der Waals surface area (Å²) in [5.74, 6) is 0.523. The maximum absolute atomic E-state index is 12.5. The first-order valence-corrected chi connectivity index (χ1v) is 9.93. The molecule has 1 amide bonds. The van der Waals surface area contributed by atoms with Crippen molar-refractivity contribution in [1.29, 1.82) is 0 Å². The van der Waals surface area contributed by atoms with E-state index in [9.17, 15) is 4.79 Å². The third kappa shape index (κ3) is 3.04. The summed E-state index contributed by atoms with van der Waals surface area (Å²) in [6.45, 7) is 0. The van der Waals surface area contributed by atoms with Gasteiger partial charge in [-0.25, -0.2) is 4.98 Å². The molecule has 0 spiro atoms. The van der Waals surface area contributed by atoms with Crippen molar-refractivity contribution in [3.05, 3.63) is 96.8 Å². The second kappa shape index (κ2) is 6.85. The summed E-state index contributed by atoms with van der Waals surface area (Å²) < 4.78 is 11.6. The summed E-state index contributed by atoms with van der Waals surface area (Å²) in [5.41, 5.74) is 3.77. The van der Waals surface area contributed by atoms with E-state index in [-0.39, 0.29) is 11.7 Å². The molecule has 0 aliphatic rings. The number of hydrogen-bond donors (Lipinski definition) is 1. The van der Waals surface area contributed by atoms with E-state index in [1.54, 1.807) is 6.07 Å². The maximum atomic E-state index is 12.5. The molecule has 2 heterocycles. The van der Waals surface area contributed by atoms with Crippen LogP contribution in [0.5, 0.6) is 0 Å². The molecule has 5 heteroatoms.